The standard InChI is InChI=1S/C22H29N3O3/c1-16-6-9-19(10-7-16)27-15-20-23-22(24-28-20)18-12-13-25(14-18)21(26)11-8-17-4-2-3-5-17/h6-7,9-10,17-18H,2-5,8,11-15H2,1H3. The smallest absolute Gasteiger partial charge is 0.264 e. The normalized spacial score (nSPS) is 20.0. The highest BCUT2D eigenvalue weighted by molar-refractivity contribution is 5.76. The number of rotatable bonds is 7. The number of ether oxygens (including phenoxy) is 1. The molecular weight excluding hydrogens is 354 g/mol. The van der Waals surface area contributed by atoms with E-state index in [-0.39, 0.29) is 18.4 Å². The molecule has 28 heavy (non-hydrogen) atoms. The topological polar surface area (TPSA) is 68.5 Å². The van der Waals surface area contributed by atoms with Gasteiger partial charge in [0.05, 0.1) is 0 Å². The molecule has 1 aromatic carbocycles. The van der Waals surface area contributed by atoms with E-state index in [4.69, 9.17) is 9.26 Å². The van der Waals surface area contributed by atoms with E-state index in [2.05, 4.69) is 10.1 Å². The molecule has 150 valence electrons. The van der Waals surface area contributed by atoms with Crippen LogP contribution in [0.3, 0.4) is 0 Å². The van der Waals surface area contributed by atoms with Crippen LogP contribution in [-0.4, -0.2) is 34.0 Å². The summed E-state index contributed by atoms with van der Waals surface area (Å²) >= 11 is 0. The van der Waals surface area contributed by atoms with E-state index in [9.17, 15) is 4.79 Å². The predicted molar refractivity (Wildman–Crippen MR) is 105 cm³/mol. The number of benzene rings is 1. The zero-order valence-corrected chi connectivity index (χ0v) is 16.6. The Balaban J connectivity index is 1.24. The average molecular weight is 383 g/mol. The third-order valence-electron chi connectivity index (χ3n) is 6.01. The molecule has 2 aromatic rings. The van der Waals surface area contributed by atoms with Crippen LogP contribution in [0.15, 0.2) is 28.8 Å². The van der Waals surface area contributed by atoms with Gasteiger partial charge in [-0.1, -0.05) is 48.5 Å². The molecule has 0 bridgehead atoms. The molecule has 2 aliphatic rings. The minimum atomic E-state index is 0.160. The maximum atomic E-state index is 12.5. The summed E-state index contributed by atoms with van der Waals surface area (Å²) in [7, 11) is 0. The van der Waals surface area contributed by atoms with Crippen molar-refractivity contribution in [2.75, 3.05) is 13.1 Å². The fourth-order valence-electron chi connectivity index (χ4n) is 4.25. The molecule has 0 spiro atoms. The number of nitrogens with zero attached hydrogens (tertiary/aromatic N) is 3. The molecule has 1 amide bonds. The minimum Gasteiger partial charge on any atom is -0.484 e. The van der Waals surface area contributed by atoms with Crippen molar-refractivity contribution in [2.24, 2.45) is 5.92 Å². The van der Waals surface area contributed by atoms with E-state index in [1.54, 1.807) is 0 Å². The van der Waals surface area contributed by atoms with Crippen molar-refractivity contribution < 1.29 is 14.1 Å². The third-order valence-corrected chi connectivity index (χ3v) is 6.01. The summed E-state index contributed by atoms with van der Waals surface area (Å²) in [5.74, 6) is 3.14. The molecule has 1 aliphatic heterocycles. The number of hydrogen-bond acceptors (Lipinski definition) is 5. The van der Waals surface area contributed by atoms with Gasteiger partial charge in [0, 0.05) is 25.4 Å². The Morgan fingerprint density at radius 3 is 2.79 bits per heavy atom. The van der Waals surface area contributed by atoms with E-state index in [1.165, 1.54) is 31.2 Å². The van der Waals surface area contributed by atoms with Crippen LogP contribution in [0.1, 0.15) is 68.1 Å². The van der Waals surface area contributed by atoms with Crippen LogP contribution in [0.4, 0.5) is 0 Å². The van der Waals surface area contributed by atoms with E-state index in [0.717, 1.165) is 31.1 Å². The van der Waals surface area contributed by atoms with Crippen molar-refractivity contribution >= 4 is 5.91 Å². The first-order valence-corrected chi connectivity index (χ1v) is 10.5. The van der Waals surface area contributed by atoms with Gasteiger partial charge in [-0.2, -0.15) is 4.98 Å². The van der Waals surface area contributed by atoms with Crippen LogP contribution in [-0.2, 0) is 11.4 Å². The van der Waals surface area contributed by atoms with E-state index in [0.29, 0.717) is 24.7 Å². The van der Waals surface area contributed by atoms with Crippen LogP contribution < -0.4 is 4.74 Å². The Morgan fingerprint density at radius 1 is 1.21 bits per heavy atom. The Labute approximate surface area is 166 Å². The lowest BCUT2D eigenvalue weighted by molar-refractivity contribution is -0.130. The monoisotopic (exact) mass is 383 g/mol. The first-order chi connectivity index (χ1) is 13.7. The van der Waals surface area contributed by atoms with Gasteiger partial charge in [-0.05, 0) is 37.8 Å². The second-order valence-electron chi connectivity index (χ2n) is 8.16. The Hall–Kier alpha value is -2.37. The second-order valence-corrected chi connectivity index (χ2v) is 8.16. The molecule has 2 fully saturated rings. The average Bonchev–Trinajstić information content (AvgIpc) is 3.47. The number of likely N-dealkylation sites (tertiary alicyclic amines) is 1. The highest BCUT2D eigenvalue weighted by atomic mass is 16.5. The van der Waals surface area contributed by atoms with Gasteiger partial charge < -0.3 is 14.2 Å². The highest BCUT2D eigenvalue weighted by Crippen LogP contribution is 2.30. The molecule has 1 saturated carbocycles. The van der Waals surface area contributed by atoms with Crippen LogP contribution in [0, 0.1) is 12.8 Å². The van der Waals surface area contributed by atoms with Gasteiger partial charge in [-0.25, -0.2) is 0 Å². The van der Waals surface area contributed by atoms with Gasteiger partial charge >= 0.3 is 0 Å². The van der Waals surface area contributed by atoms with E-state index in [1.807, 2.05) is 36.1 Å². The first-order valence-electron chi connectivity index (χ1n) is 10.5. The van der Waals surface area contributed by atoms with Crippen molar-refractivity contribution in [2.45, 2.75) is 64.4 Å². The molecular formula is C22H29N3O3. The lowest BCUT2D eigenvalue weighted by Crippen LogP contribution is -2.28. The SMILES string of the molecule is Cc1ccc(OCc2nc(C3CCN(C(=O)CCC4CCCC4)C3)no2)cc1. The van der Waals surface area contributed by atoms with Crippen molar-refractivity contribution in [3.05, 3.63) is 41.5 Å². The van der Waals surface area contributed by atoms with E-state index < -0.39 is 0 Å². The molecule has 0 radical (unpaired) electrons. The third kappa shape index (κ3) is 4.72. The van der Waals surface area contributed by atoms with Crippen LogP contribution in [0.2, 0.25) is 0 Å². The Kier molecular flexibility index (Phi) is 5.93. The summed E-state index contributed by atoms with van der Waals surface area (Å²) in [5.41, 5.74) is 1.19. The number of aryl methyl sites for hydroxylation is 1. The van der Waals surface area contributed by atoms with Crippen LogP contribution in [0.25, 0.3) is 0 Å². The van der Waals surface area contributed by atoms with Crippen molar-refractivity contribution in [3.8, 4) is 5.75 Å². The van der Waals surface area contributed by atoms with Crippen molar-refractivity contribution in [3.63, 3.8) is 0 Å². The molecule has 6 heteroatoms. The number of carbonyl (C=O) groups excluding carboxylic acids is 1. The quantitative estimate of drug-likeness (QED) is 0.715. The molecule has 1 saturated heterocycles. The molecule has 2 heterocycles. The second kappa shape index (κ2) is 8.76. The fraction of sp³-hybridized carbons (Fsp3) is 0.591. The summed E-state index contributed by atoms with van der Waals surface area (Å²) in [6.07, 6.45) is 7.88. The summed E-state index contributed by atoms with van der Waals surface area (Å²) in [4.78, 5) is 19.0. The first kappa shape index (κ1) is 19.0. The van der Waals surface area contributed by atoms with Crippen LogP contribution in [0.5, 0.6) is 5.75 Å². The van der Waals surface area contributed by atoms with Gasteiger partial charge in [0.1, 0.15) is 5.75 Å². The molecule has 1 atom stereocenters. The Bertz CT molecular complexity index is 781. The molecule has 4 rings (SSSR count). The number of carbonyl (C=O) groups is 1. The zero-order chi connectivity index (χ0) is 19.3. The summed E-state index contributed by atoms with van der Waals surface area (Å²) in [6.45, 7) is 3.78. The number of hydrogen-bond donors (Lipinski definition) is 0. The maximum Gasteiger partial charge on any atom is 0.264 e. The summed E-state index contributed by atoms with van der Waals surface area (Å²) < 4.78 is 11.0. The van der Waals surface area contributed by atoms with E-state index >= 15 is 0 Å². The van der Waals surface area contributed by atoms with Gasteiger partial charge in [-0.3, -0.25) is 4.79 Å². The van der Waals surface area contributed by atoms with Gasteiger partial charge in [0.15, 0.2) is 12.4 Å². The van der Waals surface area contributed by atoms with Crippen LogP contribution >= 0.6 is 0 Å². The van der Waals surface area contributed by atoms with Gasteiger partial charge in [-0.15, -0.1) is 0 Å². The maximum absolute atomic E-state index is 12.5. The van der Waals surface area contributed by atoms with Gasteiger partial charge in [0.2, 0.25) is 5.91 Å². The highest BCUT2D eigenvalue weighted by Gasteiger charge is 2.30. The van der Waals surface area contributed by atoms with Crippen molar-refractivity contribution in [1.29, 1.82) is 0 Å². The largest absolute Gasteiger partial charge is 0.484 e. The van der Waals surface area contributed by atoms with Gasteiger partial charge in [0.25, 0.3) is 5.89 Å². The fourth-order valence-corrected chi connectivity index (χ4v) is 4.25. The lowest BCUT2D eigenvalue weighted by atomic mass is 10.0. The summed E-state index contributed by atoms with van der Waals surface area (Å²) in [5, 5.41) is 4.12. The molecule has 6 nitrogen and oxygen atoms in total. The predicted octanol–water partition coefficient (Wildman–Crippen LogP) is 4.24. The minimum absolute atomic E-state index is 0.160. The van der Waals surface area contributed by atoms with Crippen molar-refractivity contribution in [1.82, 2.24) is 15.0 Å². The number of aromatic nitrogens is 2. The number of amides is 1. The summed E-state index contributed by atoms with van der Waals surface area (Å²) in [6, 6.07) is 7.87. The lowest BCUT2D eigenvalue weighted by Gasteiger charge is -2.17. The zero-order valence-electron chi connectivity index (χ0n) is 16.6. The molecule has 0 N–H and O–H groups in total. The molecule has 1 aliphatic carbocycles. The Morgan fingerprint density at radius 2 is 2.00 bits per heavy atom. The molecule has 1 aromatic heterocycles. The molecule has 1 unspecified atom stereocenters.